The van der Waals surface area contributed by atoms with Crippen LogP contribution in [0.2, 0.25) is 0 Å². The van der Waals surface area contributed by atoms with Crippen LogP contribution in [0, 0.1) is 0 Å². The summed E-state index contributed by atoms with van der Waals surface area (Å²) >= 11 is 3.57. The van der Waals surface area contributed by atoms with Gasteiger partial charge in [0.1, 0.15) is 5.75 Å². The van der Waals surface area contributed by atoms with Crippen LogP contribution < -0.4 is 10.5 Å². The van der Waals surface area contributed by atoms with Crippen LogP contribution >= 0.6 is 15.9 Å². The Morgan fingerprint density at radius 1 is 1.16 bits per heavy atom. The fourth-order valence-corrected chi connectivity index (χ4v) is 2.52. The Hall–Kier alpha value is -1.32. The summed E-state index contributed by atoms with van der Waals surface area (Å²) in [5.41, 5.74) is 8.34. The Balaban J connectivity index is 2.30. The zero-order valence-corrected chi connectivity index (χ0v) is 12.8. The third-order valence-corrected chi connectivity index (χ3v) is 4.02. The number of halogens is 1. The van der Waals surface area contributed by atoms with Crippen LogP contribution in [0.5, 0.6) is 5.75 Å². The standard InChI is InChI=1S/C16H18BrNO/c1-16(18,13-6-4-3-5-7-13)11-12-10-14(19-2)8-9-15(12)17/h3-10H,11,18H2,1-2H3. The van der Waals surface area contributed by atoms with Crippen molar-refractivity contribution in [1.82, 2.24) is 0 Å². The molecule has 0 aromatic heterocycles. The molecule has 2 aromatic carbocycles. The van der Waals surface area contributed by atoms with E-state index in [2.05, 4.69) is 28.1 Å². The molecule has 3 heteroatoms. The van der Waals surface area contributed by atoms with Crippen molar-refractivity contribution in [3.05, 3.63) is 64.1 Å². The van der Waals surface area contributed by atoms with E-state index in [4.69, 9.17) is 10.5 Å². The van der Waals surface area contributed by atoms with E-state index in [1.54, 1.807) is 7.11 Å². The highest BCUT2D eigenvalue weighted by Gasteiger charge is 2.22. The molecule has 100 valence electrons. The molecule has 0 bridgehead atoms. The van der Waals surface area contributed by atoms with Gasteiger partial charge < -0.3 is 10.5 Å². The molecule has 0 saturated carbocycles. The fourth-order valence-electron chi connectivity index (χ4n) is 2.13. The Morgan fingerprint density at radius 2 is 1.84 bits per heavy atom. The maximum absolute atomic E-state index is 6.47. The van der Waals surface area contributed by atoms with E-state index in [-0.39, 0.29) is 0 Å². The van der Waals surface area contributed by atoms with Crippen molar-refractivity contribution < 1.29 is 4.74 Å². The highest BCUT2D eigenvalue weighted by Crippen LogP contribution is 2.29. The van der Waals surface area contributed by atoms with Gasteiger partial charge in [0.2, 0.25) is 0 Å². The average molecular weight is 320 g/mol. The molecule has 0 radical (unpaired) electrons. The van der Waals surface area contributed by atoms with Gasteiger partial charge in [-0.05, 0) is 42.7 Å². The minimum absolute atomic E-state index is 0.407. The molecule has 2 N–H and O–H groups in total. The SMILES string of the molecule is COc1ccc(Br)c(CC(C)(N)c2ccccc2)c1. The molecule has 0 saturated heterocycles. The smallest absolute Gasteiger partial charge is 0.119 e. The molecule has 0 aliphatic carbocycles. The molecule has 2 nitrogen and oxygen atoms in total. The van der Waals surface area contributed by atoms with Gasteiger partial charge in [0.25, 0.3) is 0 Å². The largest absolute Gasteiger partial charge is 0.497 e. The van der Waals surface area contributed by atoms with Crippen molar-refractivity contribution >= 4 is 15.9 Å². The van der Waals surface area contributed by atoms with Gasteiger partial charge in [-0.1, -0.05) is 46.3 Å². The quantitative estimate of drug-likeness (QED) is 0.928. The lowest BCUT2D eigenvalue weighted by atomic mass is 9.86. The number of rotatable bonds is 4. The van der Waals surface area contributed by atoms with E-state index in [9.17, 15) is 0 Å². The van der Waals surface area contributed by atoms with E-state index in [1.807, 2.05) is 43.3 Å². The highest BCUT2D eigenvalue weighted by atomic mass is 79.9. The van der Waals surface area contributed by atoms with Gasteiger partial charge in [0, 0.05) is 10.0 Å². The van der Waals surface area contributed by atoms with Crippen molar-refractivity contribution in [2.24, 2.45) is 5.73 Å². The minimum atomic E-state index is -0.407. The van der Waals surface area contributed by atoms with Crippen LogP contribution in [0.1, 0.15) is 18.1 Å². The van der Waals surface area contributed by atoms with E-state index < -0.39 is 5.54 Å². The average Bonchev–Trinajstić information content (AvgIpc) is 2.42. The summed E-state index contributed by atoms with van der Waals surface area (Å²) in [6.45, 7) is 2.05. The van der Waals surface area contributed by atoms with Gasteiger partial charge >= 0.3 is 0 Å². The predicted molar refractivity (Wildman–Crippen MR) is 82.4 cm³/mol. The van der Waals surface area contributed by atoms with Crippen molar-refractivity contribution in [3.8, 4) is 5.75 Å². The zero-order chi connectivity index (χ0) is 13.9. The summed E-state index contributed by atoms with van der Waals surface area (Å²) in [5, 5.41) is 0. The van der Waals surface area contributed by atoms with Crippen LogP contribution in [-0.2, 0) is 12.0 Å². The van der Waals surface area contributed by atoms with Gasteiger partial charge in [-0.25, -0.2) is 0 Å². The Kier molecular flexibility index (Phi) is 4.27. The highest BCUT2D eigenvalue weighted by molar-refractivity contribution is 9.10. The predicted octanol–water partition coefficient (Wildman–Crippen LogP) is 3.87. The first-order valence-corrected chi connectivity index (χ1v) is 6.99. The van der Waals surface area contributed by atoms with Crippen molar-refractivity contribution in [2.75, 3.05) is 7.11 Å². The lowest BCUT2D eigenvalue weighted by molar-refractivity contribution is 0.413. The first-order valence-electron chi connectivity index (χ1n) is 6.20. The van der Waals surface area contributed by atoms with Crippen molar-refractivity contribution in [3.63, 3.8) is 0 Å². The molecule has 1 atom stereocenters. The molecule has 19 heavy (non-hydrogen) atoms. The van der Waals surface area contributed by atoms with Crippen LogP contribution in [0.4, 0.5) is 0 Å². The van der Waals surface area contributed by atoms with Crippen LogP contribution in [0.25, 0.3) is 0 Å². The second-order valence-corrected chi connectivity index (χ2v) is 5.77. The molecule has 0 fully saturated rings. The summed E-state index contributed by atoms with van der Waals surface area (Å²) in [6.07, 6.45) is 0.745. The van der Waals surface area contributed by atoms with Gasteiger partial charge in [0.15, 0.2) is 0 Å². The van der Waals surface area contributed by atoms with Crippen molar-refractivity contribution in [2.45, 2.75) is 18.9 Å². The number of hydrogen-bond donors (Lipinski definition) is 1. The Bertz CT molecular complexity index is 552. The molecule has 1 unspecified atom stereocenters. The summed E-state index contributed by atoms with van der Waals surface area (Å²) in [6, 6.07) is 16.1. The zero-order valence-electron chi connectivity index (χ0n) is 11.2. The minimum Gasteiger partial charge on any atom is -0.497 e. The summed E-state index contributed by atoms with van der Waals surface area (Å²) in [7, 11) is 1.67. The molecule has 0 amide bonds. The summed E-state index contributed by atoms with van der Waals surface area (Å²) in [5.74, 6) is 0.849. The van der Waals surface area contributed by atoms with Crippen molar-refractivity contribution in [1.29, 1.82) is 0 Å². The maximum Gasteiger partial charge on any atom is 0.119 e. The van der Waals surface area contributed by atoms with Crippen LogP contribution in [-0.4, -0.2) is 7.11 Å². The van der Waals surface area contributed by atoms with Gasteiger partial charge in [0.05, 0.1) is 7.11 Å². The first kappa shape index (κ1) is 14.1. The number of ether oxygens (including phenoxy) is 1. The third kappa shape index (κ3) is 3.37. The summed E-state index contributed by atoms with van der Waals surface area (Å²) in [4.78, 5) is 0. The maximum atomic E-state index is 6.47. The van der Waals surface area contributed by atoms with Gasteiger partial charge in [-0.15, -0.1) is 0 Å². The Labute approximate surface area is 122 Å². The van der Waals surface area contributed by atoms with E-state index in [0.717, 1.165) is 27.8 Å². The van der Waals surface area contributed by atoms with Gasteiger partial charge in [-0.2, -0.15) is 0 Å². The molecule has 2 rings (SSSR count). The van der Waals surface area contributed by atoms with Crippen LogP contribution in [0.15, 0.2) is 53.0 Å². The topological polar surface area (TPSA) is 35.2 Å². The fraction of sp³-hybridized carbons (Fsp3) is 0.250. The normalized spacial score (nSPS) is 13.9. The molecular weight excluding hydrogens is 302 g/mol. The van der Waals surface area contributed by atoms with E-state index >= 15 is 0 Å². The van der Waals surface area contributed by atoms with Crippen LogP contribution in [0.3, 0.4) is 0 Å². The molecule has 0 heterocycles. The molecule has 0 aliphatic heterocycles. The molecule has 2 aromatic rings. The van der Waals surface area contributed by atoms with E-state index in [0.29, 0.717) is 0 Å². The molecular formula is C16H18BrNO. The number of nitrogens with two attached hydrogens (primary N) is 1. The monoisotopic (exact) mass is 319 g/mol. The molecule has 0 aliphatic rings. The lowest BCUT2D eigenvalue weighted by Gasteiger charge is -2.26. The second kappa shape index (κ2) is 5.76. The van der Waals surface area contributed by atoms with E-state index in [1.165, 1.54) is 0 Å². The third-order valence-electron chi connectivity index (χ3n) is 3.24. The number of methoxy groups -OCH3 is 1. The lowest BCUT2D eigenvalue weighted by Crippen LogP contribution is -2.35. The first-order chi connectivity index (χ1) is 9.03. The summed E-state index contributed by atoms with van der Waals surface area (Å²) < 4.78 is 6.32. The molecule has 0 spiro atoms. The number of hydrogen-bond acceptors (Lipinski definition) is 2. The Morgan fingerprint density at radius 3 is 2.47 bits per heavy atom. The second-order valence-electron chi connectivity index (χ2n) is 4.92. The van der Waals surface area contributed by atoms with Gasteiger partial charge in [-0.3, -0.25) is 0 Å². The number of benzene rings is 2.